The molecule has 0 radical (unpaired) electrons. The molecule has 0 atom stereocenters. The van der Waals surface area contributed by atoms with Crippen LogP contribution in [0.4, 0.5) is 0 Å². The van der Waals surface area contributed by atoms with Crippen molar-refractivity contribution in [3.8, 4) is 0 Å². The van der Waals surface area contributed by atoms with Gasteiger partial charge in [0.15, 0.2) is 0 Å². The minimum atomic E-state index is -0.680. The molecule has 4 nitrogen and oxygen atoms in total. The first-order valence-corrected chi connectivity index (χ1v) is 7.48. The number of carboxylic acids is 2. The van der Waals surface area contributed by atoms with Gasteiger partial charge >= 0.3 is 11.9 Å². The molecular formula is C15H24O4. The van der Waals surface area contributed by atoms with Gasteiger partial charge in [-0.2, -0.15) is 0 Å². The second kappa shape index (κ2) is 5.51. The fourth-order valence-electron chi connectivity index (χ4n) is 4.01. The Hall–Kier alpha value is -1.06. The first-order valence-electron chi connectivity index (χ1n) is 7.48. The summed E-state index contributed by atoms with van der Waals surface area (Å²) < 4.78 is 0. The van der Waals surface area contributed by atoms with Crippen molar-refractivity contribution in [3.05, 3.63) is 0 Å². The lowest BCUT2D eigenvalue weighted by molar-refractivity contribution is -0.150. The van der Waals surface area contributed by atoms with E-state index in [-0.39, 0.29) is 0 Å². The molecule has 0 aromatic heterocycles. The summed E-state index contributed by atoms with van der Waals surface area (Å²) in [5.41, 5.74) is -1.11. The maximum atomic E-state index is 11.4. The Balaban J connectivity index is 1.91. The van der Waals surface area contributed by atoms with Crippen molar-refractivity contribution < 1.29 is 19.8 Å². The van der Waals surface area contributed by atoms with Gasteiger partial charge in [0.2, 0.25) is 0 Å². The lowest BCUT2D eigenvalue weighted by atomic mass is 9.76. The molecule has 0 heterocycles. The molecule has 0 spiro atoms. The van der Waals surface area contributed by atoms with Crippen LogP contribution in [0.15, 0.2) is 0 Å². The van der Waals surface area contributed by atoms with E-state index in [0.717, 1.165) is 57.8 Å². The van der Waals surface area contributed by atoms with Crippen LogP contribution in [0, 0.1) is 10.8 Å². The highest BCUT2D eigenvalue weighted by Gasteiger charge is 2.44. The molecule has 4 heteroatoms. The molecule has 2 aliphatic carbocycles. The van der Waals surface area contributed by atoms with Crippen molar-refractivity contribution in [1.82, 2.24) is 0 Å². The van der Waals surface area contributed by atoms with Crippen molar-refractivity contribution in [2.45, 2.75) is 70.6 Å². The first-order chi connectivity index (χ1) is 9.01. The van der Waals surface area contributed by atoms with Crippen molar-refractivity contribution in [2.75, 3.05) is 0 Å². The maximum Gasteiger partial charge on any atom is 0.309 e. The topological polar surface area (TPSA) is 74.6 Å². The smallest absolute Gasteiger partial charge is 0.309 e. The van der Waals surface area contributed by atoms with Gasteiger partial charge in [-0.15, -0.1) is 0 Å². The predicted molar refractivity (Wildman–Crippen MR) is 70.9 cm³/mol. The van der Waals surface area contributed by atoms with Gasteiger partial charge in [0.1, 0.15) is 0 Å². The van der Waals surface area contributed by atoms with Crippen molar-refractivity contribution in [3.63, 3.8) is 0 Å². The molecule has 19 heavy (non-hydrogen) atoms. The number of rotatable bonds is 6. The third kappa shape index (κ3) is 2.77. The quantitative estimate of drug-likeness (QED) is 0.773. The minimum absolute atomic E-state index is 0.557. The fraction of sp³-hybridized carbons (Fsp3) is 0.867. The summed E-state index contributed by atoms with van der Waals surface area (Å²) >= 11 is 0. The Morgan fingerprint density at radius 1 is 0.737 bits per heavy atom. The average molecular weight is 268 g/mol. The SMILES string of the molecule is O=C(O)C1(CCCC2(C(=O)O)CCCC2)CCCC1. The standard InChI is InChI=1S/C15H24O4/c16-12(17)14(6-1-2-7-14)10-5-11-15(13(18)19)8-3-4-9-15/h1-11H2,(H,16,17)(H,18,19). The zero-order valence-electron chi connectivity index (χ0n) is 11.5. The summed E-state index contributed by atoms with van der Waals surface area (Å²) in [7, 11) is 0. The van der Waals surface area contributed by atoms with Crippen LogP contribution in [0.1, 0.15) is 70.6 Å². The molecule has 0 bridgehead atoms. The van der Waals surface area contributed by atoms with Crippen LogP contribution in [0.25, 0.3) is 0 Å². The Morgan fingerprint density at radius 3 is 1.32 bits per heavy atom. The van der Waals surface area contributed by atoms with Gasteiger partial charge in [0.25, 0.3) is 0 Å². The van der Waals surface area contributed by atoms with Crippen LogP contribution >= 0.6 is 0 Å². The number of carbonyl (C=O) groups is 2. The van der Waals surface area contributed by atoms with Crippen LogP contribution in [0.5, 0.6) is 0 Å². The van der Waals surface area contributed by atoms with E-state index in [2.05, 4.69) is 0 Å². The van der Waals surface area contributed by atoms with E-state index in [1.54, 1.807) is 0 Å². The molecule has 2 N–H and O–H groups in total. The monoisotopic (exact) mass is 268 g/mol. The van der Waals surface area contributed by atoms with Gasteiger partial charge < -0.3 is 10.2 Å². The zero-order valence-corrected chi connectivity index (χ0v) is 11.5. The van der Waals surface area contributed by atoms with E-state index in [1.807, 2.05) is 0 Å². The van der Waals surface area contributed by atoms with E-state index in [1.165, 1.54) is 0 Å². The maximum absolute atomic E-state index is 11.4. The second-order valence-electron chi connectivity index (χ2n) is 6.44. The van der Waals surface area contributed by atoms with E-state index in [4.69, 9.17) is 0 Å². The summed E-state index contributed by atoms with van der Waals surface area (Å²) in [6, 6.07) is 0. The molecule has 0 unspecified atom stereocenters. The lowest BCUT2D eigenvalue weighted by Crippen LogP contribution is -2.31. The first kappa shape index (κ1) is 14.4. The Morgan fingerprint density at radius 2 is 1.05 bits per heavy atom. The number of aliphatic carboxylic acids is 2. The number of carboxylic acid groups (broad SMARTS) is 2. The van der Waals surface area contributed by atoms with Crippen molar-refractivity contribution in [1.29, 1.82) is 0 Å². The van der Waals surface area contributed by atoms with Crippen LogP contribution in [-0.2, 0) is 9.59 Å². The molecule has 2 rings (SSSR count). The predicted octanol–water partition coefficient (Wildman–Crippen LogP) is 3.45. The zero-order chi connectivity index (χ0) is 13.9. The number of hydrogen-bond acceptors (Lipinski definition) is 2. The molecule has 108 valence electrons. The molecule has 2 saturated carbocycles. The van der Waals surface area contributed by atoms with E-state index >= 15 is 0 Å². The second-order valence-corrected chi connectivity index (χ2v) is 6.44. The van der Waals surface area contributed by atoms with Crippen LogP contribution < -0.4 is 0 Å². The van der Waals surface area contributed by atoms with Gasteiger partial charge in [-0.3, -0.25) is 9.59 Å². The highest BCUT2D eigenvalue weighted by atomic mass is 16.4. The van der Waals surface area contributed by atoms with Crippen molar-refractivity contribution >= 4 is 11.9 Å². The van der Waals surface area contributed by atoms with Gasteiger partial charge in [0.05, 0.1) is 10.8 Å². The van der Waals surface area contributed by atoms with Crippen LogP contribution in [0.3, 0.4) is 0 Å². The third-order valence-corrected chi connectivity index (χ3v) is 5.34. The molecule has 0 aromatic rings. The van der Waals surface area contributed by atoms with E-state index in [0.29, 0.717) is 12.8 Å². The fourth-order valence-corrected chi connectivity index (χ4v) is 4.01. The summed E-state index contributed by atoms with van der Waals surface area (Å²) in [6.45, 7) is 0. The highest BCUT2D eigenvalue weighted by molar-refractivity contribution is 5.75. The summed E-state index contributed by atoms with van der Waals surface area (Å²) in [5, 5.41) is 18.8. The van der Waals surface area contributed by atoms with E-state index < -0.39 is 22.8 Å². The summed E-state index contributed by atoms with van der Waals surface area (Å²) in [4.78, 5) is 22.9. The van der Waals surface area contributed by atoms with Gasteiger partial charge in [-0.25, -0.2) is 0 Å². The minimum Gasteiger partial charge on any atom is -0.481 e. The Bertz CT molecular complexity index is 315. The molecule has 0 aromatic carbocycles. The summed E-state index contributed by atoms with van der Waals surface area (Å²) in [5.74, 6) is -1.36. The van der Waals surface area contributed by atoms with Gasteiger partial charge in [-0.05, 0) is 38.5 Å². The molecule has 0 amide bonds. The number of hydrogen-bond donors (Lipinski definition) is 2. The van der Waals surface area contributed by atoms with Gasteiger partial charge in [0, 0.05) is 0 Å². The van der Waals surface area contributed by atoms with Crippen LogP contribution in [0.2, 0.25) is 0 Å². The normalized spacial score (nSPS) is 24.4. The molecule has 0 saturated heterocycles. The average Bonchev–Trinajstić information content (AvgIpc) is 2.99. The molecule has 2 aliphatic rings. The summed E-state index contributed by atoms with van der Waals surface area (Å²) in [6.07, 6.45) is 9.09. The van der Waals surface area contributed by atoms with Crippen LogP contribution in [-0.4, -0.2) is 22.2 Å². The Kier molecular flexibility index (Phi) is 4.16. The Labute approximate surface area is 114 Å². The third-order valence-electron chi connectivity index (χ3n) is 5.34. The van der Waals surface area contributed by atoms with Gasteiger partial charge in [-0.1, -0.05) is 32.1 Å². The van der Waals surface area contributed by atoms with E-state index in [9.17, 15) is 19.8 Å². The molecule has 2 fully saturated rings. The van der Waals surface area contributed by atoms with Crippen molar-refractivity contribution in [2.24, 2.45) is 10.8 Å². The largest absolute Gasteiger partial charge is 0.481 e. The molecule has 0 aliphatic heterocycles. The molecular weight excluding hydrogens is 244 g/mol. The lowest BCUT2D eigenvalue weighted by Gasteiger charge is -2.27. The highest BCUT2D eigenvalue weighted by Crippen LogP contribution is 2.46.